The summed E-state index contributed by atoms with van der Waals surface area (Å²) in [5.74, 6) is 0. The lowest BCUT2D eigenvalue weighted by Crippen LogP contribution is -2.22. The van der Waals surface area contributed by atoms with Crippen molar-refractivity contribution in [1.29, 1.82) is 0 Å². The van der Waals surface area contributed by atoms with E-state index in [1.807, 2.05) is 0 Å². The molecule has 1 rings (SSSR count). The molecule has 0 heterocycles. The Morgan fingerprint density at radius 3 is 2.11 bits per heavy atom. The van der Waals surface area contributed by atoms with E-state index < -0.39 is 11.3 Å². The summed E-state index contributed by atoms with van der Waals surface area (Å²) < 4.78 is 12.8. The molecule has 0 aromatic carbocycles. The van der Waals surface area contributed by atoms with Crippen molar-refractivity contribution < 1.29 is 9.50 Å². The van der Waals surface area contributed by atoms with E-state index in [0.717, 1.165) is 12.8 Å². The quantitative estimate of drug-likeness (QED) is 0.605. The molecule has 1 fully saturated rings. The van der Waals surface area contributed by atoms with E-state index in [1.165, 1.54) is 13.8 Å². The topological polar surface area (TPSA) is 20.2 Å². The van der Waals surface area contributed by atoms with Crippen LogP contribution >= 0.6 is 0 Å². The van der Waals surface area contributed by atoms with Crippen molar-refractivity contribution in [3.05, 3.63) is 0 Å². The molecular weight excluding hydrogens is 119 g/mol. The normalized spacial score (nSPS) is 24.0. The van der Waals surface area contributed by atoms with Gasteiger partial charge in [0.05, 0.1) is 5.60 Å². The summed E-state index contributed by atoms with van der Waals surface area (Å²) >= 11 is 0. The molecule has 1 saturated carbocycles. The average molecular weight is 132 g/mol. The van der Waals surface area contributed by atoms with Crippen LogP contribution in [-0.4, -0.2) is 16.4 Å². The highest BCUT2D eigenvalue weighted by Gasteiger charge is 2.44. The van der Waals surface area contributed by atoms with E-state index in [-0.39, 0.29) is 0 Å². The summed E-state index contributed by atoms with van der Waals surface area (Å²) in [7, 11) is 0. The molecule has 1 aliphatic carbocycles. The number of halogens is 1. The SMILES string of the molecule is CC(C)(F)CC1(O)CC1. The van der Waals surface area contributed by atoms with E-state index in [9.17, 15) is 9.50 Å². The van der Waals surface area contributed by atoms with Gasteiger partial charge in [0, 0.05) is 6.42 Å². The summed E-state index contributed by atoms with van der Waals surface area (Å²) in [5, 5.41) is 9.22. The lowest BCUT2D eigenvalue weighted by molar-refractivity contribution is 0.0675. The number of rotatable bonds is 2. The standard InChI is InChI=1S/C7H13FO/c1-6(2,8)5-7(9)3-4-7/h9H,3-5H2,1-2H3. The molecule has 1 N–H and O–H groups in total. The Morgan fingerprint density at radius 2 is 2.00 bits per heavy atom. The fourth-order valence-electron chi connectivity index (χ4n) is 1.10. The molecule has 2 heteroatoms. The van der Waals surface area contributed by atoms with Crippen molar-refractivity contribution in [2.75, 3.05) is 0 Å². The Hall–Kier alpha value is -0.110. The third kappa shape index (κ3) is 2.31. The number of hydrogen-bond donors (Lipinski definition) is 1. The van der Waals surface area contributed by atoms with Crippen molar-refractivity contribution in [2.45, 2.75) is 44.4 Å². The lowest BCUT2D eigenvalue weighted by atomic mass is 10.0. The minimum absolute atomic E-state index is 0.292. The highest BCUT2D eigenvalue weighted by molar-refractivity contribution is 4.97. The molecule has 1 nitrogen and oxygen atoms in total. The van der Waals surface area contributed by atoms with Gasteiger partial charge in [-0.2, -0.15) is 0 Å². The Kier molecular flexibility index (Phi) is 1.31. The summed E-state index contributed by atoms with van der Waals surface area (Å²) in [6.45, 7) is 3.01. The van der Waals surface area contributed by atoms with Crippen LogP contribution in [0.15, 0.2) is 0 Å². The van der Waals surface area contributed by atoms with Crippen molar-refractivity contribution >= 4 is 0 Å². The van der Waals surface area contributed by atoms with Gasteiger partial charge in [0.25, 0.3) is 0 Å². The molecule has 54 valence electrons. The Bertz CT molecular complexity index is 107. The first-order valence-corrected chi connectivity index (χ1v) is 3.33. The maximum atomic E-state index is 12.8. The summed E-state index contributed by atoms with van der Waals surface area (Å²) in [5.41, 5.74) is -1.84. The lowest BCUT2D eigenvalue weighted by Gasteiger charge is -2.17. The predicted octanol–water partition coefficient (Wildman–Crippen LogP) is 1.65. The maximum Gasteiger partial charge on any atom is 0.108 e. The van der Waals surface area contributed by atoms with Gasteiger partial charge in [-0.05, 0) is 26.7 Å². The van der Waals surface area contributed by atoms with Crippen molar-refractivity contribution in [2.24, 2.45) is 0 Å². The zero-order valence-electron chi connectivity index (χ0n) is 5.95. The van der Waals surface area contributed by atoms with Crippen molar-refractivity contribution in [3.63, 3.8) is 0 Å². The zero-order chi connectivity index (χ0) is 7.12. The molecule has 0 aromatic heterocycles. The van der Waals surface area contributed by atoms with Crippen molar-refractivity contribution in [1.82, 2.24) is 0 Å². The van der Waals surface area contributed by atoms with Crippen LogP contribution in [0.4, 0.5) is 4.39 Å². The highest BCUT2D eigenvalue weighted by Crippen LogP contribution is 2.42. The molecule has 0 saturated heterocycles. The van der Waals surface area contributed by atoms with Crippen LogP contribution < -0.4 is 0 Å². The van der Waals surface area contributed by atoms with Crippen LogP contribution in [0.25, 0.3) is 0 Å². The second-order valence-electron chi connectivity index (χ2n) is 3.62. The average Bonchev–Trinajstić information content (AvgIpc) is 2.12. The van der Waals surface area contributed by atoms with Gasteiger partial charge in [0.15, 0.2) is 0 Å². The van der Waals surface area contributed by atoms with Crippen LogP contribution in [0.2, 0.25) is 0 Å². The molecule has 1 aliphatic rings. The first-order valence-electron chi connectivity index (χ1n) is 3.33. The van der Waals surface area contributed by atoms with Gasteiger partial charge in [0.2, 0.25) is 0 Å². The van der Waals surface area contributed by atoms with Gasteiger partial charge in [-0.1, -0.05) is 0 Å². The third-order valence-electron chi connectivity index (χ3n) is 1.58. The van der Waals surface area contributed by atoms with Crippen LogP contribution in [-0.2, 0) is 0 Å². The van der Waals surface area contributed by atoms with Gasteiger partial charge < -0.3 is 5.11 Å². The van der Waals surface area contributed by atoms with E-state index in [0.29, 0.717) is 6.42 Å². The van der Waals surface area contributed by atoms with Crippen LogP contribution in [0.1, 0.15) is 33.1 Å². The van der Waals surface area contributed by atoms with Crippen LogP contribution in [0.5, 0.6) is 0 Å². The molecule has 0 radical (unpaired) electrons. The van der Waals surface area contributed by atoms with Crippen molar-refractivity contribution in [3.8, 4) is 0 Å². The van der Waals surface area contributed by atoms with Gasteiger partial charge in [0.1, 0.15) is 5.67 Å². The minimum atomic E-state index is -1.20. The predicted molar refractivity (Wildman–Crippen MR) is 34.0 cm³/mol. The largest absolute Gasteiger partial charge is 0.390 e. The van der Waals surface area contributed by atoms with E-state index >= 15 is 0 Å². The molecule has 9 heavy (non-hydrogen) atoms. The molecule has 0 unspecified atom stereocenters. The third-order valence-corrected chi connectivity index (χ3v) is 1.58. The second-order valence-corrected chi connectivity index (χ2v) is 3.62. The zero-order valence-corrected chi connectivity index (χ0v) is 5.95. The Balaban J connectivity index is 2.33. The molecule has 0 amide bonds. The van der Waals surface area contributed by atoms with Crippen LogP contribution in [0.3, 0.4) is 0 Å². The summed E-state index contributed by atoms with van der Waals surface area (Å²) in [6.07, 6.45) is 1.85. The Labute approximate surface area is 54.9 Å². The van der Waals surface area contributed by atoms with Gasteiger partial charge >= 0.3 is 0 Å². The molecule has 0 aliphatic heterocycles. The molecule has 0 atom stereocenters. The summed E-state index contributed by atoms with van der Waals surface area (Å²) in [6, 6.07) is 0. The fourth-order valence-corrected chi connectivity index (χ4v) is 1.10. The number of hydrogen-bond acceptors (Lipinski definition) is 1. The second kappa shape index (κ2) is 1.69. The van der Waals surface area contributed by atoms with E-state index in [1.54, 1.807) is 0 Å². The number of aliphatic hydroxyl groups is 1. The first kappa shape index (κ1) is 7.00. The van der Waals surface area contributed by atoms with E-state index in [4.69, 9.17) is 0 Å². The van der Waals surface area contributed by atoms with Gasteiger partial charge in [-0.25, -0.2) is 4.39 Å². The Morgan fingerprint density at radius 1 is 1.56 bits per heavy atom. The first-order chi connectivity index (χ1) is 3.91. The molecule has 0 spiro atoms. The minimum Gasteiger partial charge on any atom is -0.390 e. The monoisotopic (exact) mass is 132 g/mol. The maximum absolute atomic E-state index is 12.8. The molecule has 0 aromatic rings. The van der Waals surface area contributed by atoms with Gasteiger partial charge in [-0.3, -0.25) is 0 Å². The fraction of sp³-hybridized carbons (Fsp3) is 1.00. The smallest absolute Gasteiger partial charge is 0.108 e. The molecule has 0 bridgehead atoms. The molecular formula is C7H13FO. The van der Waals surface area contributed by atoms with Crippen LogP contribution in [0, 0.1) is 0 Å². The summed E-state index contributed by atoms with van der Waals surface area (Å²) in [4.78, 5) is 0. The highest BCUT2D eigenvalue weighted by atomic mass is 19.1. The van der Waals surface area contributed by atoms with Gasteiger partial charge in [-0.15, -0.1) is 0 Å². The van der Waals surface area contributed by atoms with E-state index in [2.05, 4.69) is 0 Å². The number of alkyl halides is 1.